The van der Waals surface area contributed by atoms with Crippen molar-refractivity contribution in [3.63, 3.8) is 0 Å². The van der Waals surface area contributed by atoms with Crippen LogP contribution in [-0.4, -0.2) is 63.8 Å². The average Bonchev–Trinajstić information content (AvgIpc) is 2.80. The fraction of sp³-hybridized carbons (Fsp3) is 0.727. The highest BCUT2D eigenvalue weighted by Crippen LogP contribution is 2.25. The Labute approximate surface area is 105 Å². The summed E-state index contributed by atoms with van der Waals surface area (Å²) in [5.74, 6) is -2.57. The van der Waals surface area contributed by atoms with E-state index in [9.17, 15) is 14.4 Å². The van der Waals surface area contributed by atoms with Crippen molar-refractivity contribution in [2.45, 2.75) is 0 Å². The largest absolute Gasteiger partial charge is 0.469 e. The number of nitrogens with zero attached hydrogens (tertiary/aromatic N) is 1. The average molecular weight is 259 g/mol. The molecule has 1 heterocycles. The number of likely N-dealkylation sites (tertiary alicyclic amines) is 1. The molecule has 1 aliphatic heterocycles. The maximum atomic E-state index is 11.6. The Morgan fingerprint density at radius 1 is 0.944 bits per heavy atom. The van der Waals surface area contributed by atoms with Gasteiger partial charge < -0.3 is 14.2 Å². The van der Waals surface area contributed by atoms with Crippen LogP contribution in [0.4, 0.5) is 0 Å². The van der Waals surface area contributed by atoms with Crippen LogP contribution in [0.5, 0.6) is 0 Å². The Hall–Kier alpha value is -1.63. The van der Waals surface area contributed by atoms with E-state index in [0.717, 1.165) is 0 Å². The molecular formula is C11H17NO6. The lowest BCUT2D eigenvalue weighted by Gasteiger charge is -2.13. The minimum absolute atomic E-state index is 0.0392. The molecular weight excluding hydrogens is 242 g/mol. The standard InChI is InChI=1S/C11H17NO6/c1-16-9(13)6-12-4-7(10(14)17-2)8(5-12)11(15)18-3/h7-8H,4-6H2,1-3H3. The van der Waals surface area contributed by atoms with E-state index in [1.165, 1.54) is 21.3 Å². The van der Waals surface area contributed by atoms with Gasteiger partial charge in [-0.3, -0.25) is 19.3 Å². The highest BCUT2D eigenvalue weighted by Gasteiger charge is 2.43. The van der Waals surface area contributed by atoms with Crippen molar-refractivity contribution in [2.75, 3.05) is 41.0 Å². The third kappa shape index (κ3) is 3.19. The lowest BCUT2D eigenvalue weighted by atomic mass is 9.96. The van der Waals surface area contributed by atoms with Gasteiger partial charge in [0.05, 0.1) is 39.7 Å². The van der Waals surface area contributed by atoms with Crippen molar-refractivity contribution in [2.24, 2.45) is 11.8 Å². The van der Waals surface area contributed by atoms with E-state index in [1.54, 1.807) is 4.90 Å². The minimum atomic E-state index is -0.605. The fourth-order valence-corrected chi connectivity index (χ4v) is 2.04. The molecule has 0 spiro atoms. The minimum Gasteiger partial charge on any atom is -0.469 e. The molecule has 0 aliphatic carbocycles. The van der Waals surface area contributed by atoms with E-state index in [0.29, 0.717) is 0 Å². The normalized spacial score (nSPS) is 23.5. The molecule has 2 atom stereocenters. The molecule has 7 nitrogen and oxygen atoms in total. The lowest BCUT2D eigenvalue weighted by Crippen LogP contribution is -2.30. The van der Waals surface area contributed by atoms with E-state index < -0.39 is 29.7 Å². The van der Waals surface area contributed by atoms with Gasteiger partial charge in [-0.2, -0.15) is 0 Å². The Morgan fingerprint density at radius 3 is 1.72 bits per heavy atom. The van der Waals surface area contributed by atoms with Crippen molar-refractivity contribution in [3.8, 4) is 0 Å². The number of hydrogen-bond acceptors (Lipinski definition) is 7. The van der Waals surface area contributed by atoms with Gasteiger partial charge in [-0.15, -0.1) is 0 Å². The topological polar surface area (TPSA) is 82.1 Å². The summed E-state index contributed by atoms with van der Waals surface area (Å²) in [6.45, 7) is 0.598. The Morgan fingerprint density at radius 2 is 1.39 bits per heavy atom. The first-order valence-electron chi connectivity index (χ1n) is 5.48. The van der Waals surface area contributed by atoms with Crippen LogP contribution in [0.2, 0.25) is 0 Å². The third-order valence-electron chi connectivity index (χ3n) is 2.98. The summed E-state index contributed by atoms with van der Waals surface area (Å²) in [5, 5.41) is 0. The Balaban J connectivity index is 2.72. The van der Waals surface area contributed by atoms with E-state index >= 15 is 0 Å². The van der Waals surface area contributed by atoms with Gasteiger partial charge in [0.2, 0.25) is 0 Å². The fourth-order valence-electron chi connectivity index (χ4n) is 2.04. The summed E-state index contributed by atoms with van der Waals surface area (Å²) in [6, 6.07) is 0. The molecule has 0 aromatic heterocycles. The van der Waals surface area contributed by atoms with Crippen LogP contribution in [0, 0.1) is 11.8 Å². The molecule has 2 unspecified atom stereocenters. The molecule has 18 heavy (non-hydrogen) atoms. The predicted octanol–water partition coefficient (Wildman–Crippen LogP) is -0.947. The van der Waals surface area contributed by atoms with Crippen molar-refractivity contribution >= 4 is 17.9 Å². The third-order valence-corrected chi connectivity index (χ3v) is 2.98. The monoisotopic (exact) mass is 259 g/mol. The number of hydrogen-bond donors (Lipinski definition) is 0. The summed E-state index contributed by atoms with van der Waals surface area (Å²) in [5.41, 5.74) is 0. The van der Waals surface area contributed by atoms with Crippen molar-refractivity contribution < 1.29 is 28.6 Å². The van der Waals surface area contributed by atoms with Crippen LogP contribution in [0.1, 0.15) is 0 Å². The number of ether oxygens (including phenoxy) is 3. The lowest BCUT2D eigenvalue weighted by molar-refractivity contribution is -0.155. The van der Waals surface area contributed by atoms with Gasteiger partial charge in [0.1, 0.15) is 0 Å². The first-order valence-corrected chi connectivity index (χ1v) is 5.48. The first kappa shape index (κ1) is 14.4. The van der Waals surface area contributed by atoms with E-state index in [1.807, 2.05) is 0 Å². The van der Waals surface area contributed by atoms with Crippen LogP contribution in [0.25, 0.3) is 0 Å². The molecule has 102 valence electrons. The SMILES string of the molecule is COC(=O)CN1CC(C(=O)OC)C(C(=O)OC)C1. The van der Waals surface area contributed by atoms with Crippen LogP contribution >= 0.6 is 0 Å². The van der Waals surface area contributed by atoms with Crippen molar-refractivity contribution in [1.29, 1.82) is 0 Å². The summed E-state index contributed by atoms with van der Waals surface area (Å²) in [4.78, 5) is 36.0. The molecule has 0 aromatic carbocycles. The zero-order chi connectivity index (χ0) is 13.7. The molecule has 1 saturated heterocycles. The summed E-state index contributed by atoms with van der Waals surface area (Å²) < 4.78 is 13.8. The van der Waals surface area contributed by atoms with Gasteiger partial charge in [0, 0.05) is 13.1 Å². The number of rotatable bonds is 4. The van der Waals surface area contributed by atoms with Crippen LogP contribution in [-0.2, 0) is 28.6 Å². The second-order valence-corrected chi connectivity index (χ2v) is 4.03. The second kappa shape index (κ2) is 6.34. The number of carbonyl (C=O) groups excluding carboxylic acids is 3. The molecule has 1 aliphatic rings. The summed E-state index contributed by atoms with van der Waals surface area (Å²) in [6.07, 6.45) is 0. The van der Waals surface area contributed by atoms with Gasteiger partial charge >= 0.3 is 17.9 Å². The quantitative estimate of drug-likeness (QED) is 0.475. The molecule has 1 rings (SSSR count). The maximum absolute atomic E-state index is 11.6. The van der Waals surface area contributed by atoms with E-state index in [-0.39, 0.29) is 19.6 Å². The second-order valence-electron chi connectivity index (χ2n) is 4.03. The Kier molecular flexibility index (Phi) is 5.08. The molecule has 0 radical (unpaired) electrons. The Bertz CT molecular complexity index is 318. The van der Waals surface area contributed by atoms with Gasteiger partial charge in [-0.05, 0) is 0 Å². The zero-order valence-corrected chi connectivity index (χ0v) is 10.7. The smallest absolute Gasteiger partial charge is 0.319 e. The molecule has 0 saturated carbocycles. The first-order chi connectivity index (χ1) is 8.53. The zero-order valence-electron chi connectivity index (χ0n) is 10.7. The van der Waals surface area contributed by atoms with Crippen LogP contribution in [0.3, 0.4) is 0 Å². The summed E-state index contributed by atoms with van der Waals surface area (Å²) >= 11 is 0. The predicted molar refractivity (Wildman–Crippen MR) is 59.5 cm³/mol. The van der Waals surface area contributed by atoms with Gasteiger partial charge in [-0.1, -0.05) is 0 Å². The van der Waals surface area contributed by atoms with Crippen LogP contribution < -0.4 is 0 Å². The van der Waals surface area contributed by atoms with E-state index in [4.69, 9.17) is 0 Å². The number of carbonyl (C=O) groups is 3. The highest BCUT2D eigenvalue weighted by molar-refractivity contribution is 5.83. The molecule has 0 aromatic rings. The molecule has 0 amide bonds. The molecule has 0 bridgehead atoms. The summed E-state index contributed by atoms with van der Waals surface area (Å²) in [7, 11) is 3.81. The molecule has 0 N–H and O–H groups in total. The molecule has 1 fully saturated rings. The number of methoxy groups -OCH3 is 3. The van der Waals surface area contributed by atoms with Gasteiger partial charge in [0.25, 0.3) is 0 Å². The number of esters is 3. The van der Waals surface area contributed by atoms with Gasteiger partial charge in [-0.25, -0.2) is 0 Å². The van der Waals surface area contributed by atoms with Crippen LogP contribution in [0.15, 0.2) is 0 Å². The van der Waals surface area contributed by atoms with Gasteiger partial charge in [0.15, 0.2) is 0 Å². The highest BCUT2D eigenvalue weighted by atomic mass is 16.5. The maximum Gasteiger partial charge on any atom is 0.319 e. The van der Waals surface area contributed by atoms with Crippen molar-refractivity contribution in [1.82, 2.24) is 4.90 Å². The van der Waals surface area contributed by atoms with E-state index in [2.05, 4.69) is 14.2 Å². The molecule has 7 heteroatoms. The van der Waals surface area contributed by atoms with Crippen molar-refractivity contribution in [3.05, 3.63) is 0 Å².